The summed E-state index contributed by atoms with van der Waals surface area (Å²) in [6.07, 6.45) is 3.09. The average molecular weight is 407 g/mol. The molecule has 0 bridgehead atoms. The van der Waals surface area contributed by atoms with Crippen LogP contribution < -0.4 is 5.56 Å². The Morgan fingerprint density at radius 3 is 2.86 bits per heavy atom. The molecule has 1 atom stereocenters. The van der Waals surface area contributed by atoms with Crippen molar-refractivity contribution < 1.29 is 0 Å². The van der Waals surface area contributed by atoms with E-state index in [-0.39, 0.29) is 10.8 Å². The minimum absolute atomic E-state index is 0.117. The van der Waals surface area contributed by atoms with Crippen LogP contribution in [0.4, 0.5) is 0 Å². The molecule has 5 rings (SSSR count). The summed E-state index contributed by atoms with van der Waals surface area (Å²) in [6, 6.07) is 9.51. The van der Waals surface area contributed by atoms with Gasteiger partial charge in [-0.1, -0.05) is 30.0 Å². The van der Waals surface area contributed by atoms with E-state index in [4.69, 9.17) is 4.98 Å². The molecular formula is C18H13N7OS2. The molecular weight excluding hydrogens is 394 g/mol. The third-order valence-corrected chi connectivity index (χ3v) is 6.14. The van der Waals surface area contributed by atoms with Crippen LogP contribution >= 0.6 is 23.1 Å². The number of hydrogen-bond donors (Lipinski definition) is 1. The van der Waals surface area contributed by atoms with Crippen molar-refractivity contribution in [3.05, 3.63) is 64.7 Å². The first-order valence-corrected chi connectivity index (χ1v) is 10.2. The number of thioether (sulfide) groups is 1. The van der Waals surface area contributed by atoms with Crippen LogP contribution in [0.2, 0.25) is 0 Å². The number of para-hydroxylation sites is 1. The lowest BCUT2D eigenvalue weighted by atomic mass is 10.3. The number of fused-ring (bicyclic) bond motifs is 2. The normalized spacial score (nSPS) is 12.6. The minimum atomic E-state index is -0.172. The van der Waals surface area contributed by atoms with Crippen LogP contribution in [-0.2, 0) is 0 Å². The van der Waals surface area contributed by atoms with Gasteiger partial charge in [0.25, 0.3) is 5.56 Å². The van der Waals surface area contributed by atoms with E-state index in [9.17, 15) is 4.79 Å². The van der Waals surface area contributed by atoms with E-state index in [1.807, 2.05) is 37.3 Å². The highest BCUT2D eigenvalue weighted by Gasteiger charge is 2.21. The first kappa shape index (κ1) is 17.0. The summed E-state index contributed by atoms with van der Waals surface area (Å²) in [4.78, 5) is 38.0. The molecule has 1 unspecified atom stereocenters. The van der Waals surface area contributed by atoms with E-state index in [0.29, 0.717) is 27.3 Å². The van der Waals surface area contributed by atoms with E-state index >= 15 is 0 Å². The number of aromatic amines is 1. The van der Waals surface area contributed by atoms with Crippen molar-refractivity contribution in [2.45, 2.75) is 17.2 Å². The lowest BCUT2D eigenvalue weighted by molar-refractivity contribution is 0.818. The van der Waals surface area contributed by atoms with Gasteiger partial charge in [-0.25, -0.2) is 24.9 Å². The van der Waals surface area contributed by atoms with Gasteiger partial charge in [0.05, 0.1) is 22.8 Å². The molecule has 1 aromatic carbocycles. The molecule has 0 aliphatic heterocycles. The molecule has 0 fully saturated rings. The second kappa shape index (κ2) is 6.80. The molecule has 0 amide bonds. The lowest BCUT2D eigenvalue weighted by Crippen LogP contribution is -2.24. The Labute approximate surface area is 166 Å². The standard InChI is InChI=1S/C18H13N7OS2/c1-10(28-17-12-14(20-7-19-12)21-8-22-17)16-24-15-13(27-9-23-15)18(26)25(16)11-5-3-2-4-6-11/h2-10H,1H3,(H,19,20,21,22). The van der Waals surface area contributed by atoms with Crippen molar-refractivity contribution in [2.24, 2.45) is 0 Å². The quantitative estimate of drug-likeness (QED) is 0.360. The van der Waals surface area contributed by atoms with Gasteiger partial charge in [-0.05, 0) is 19.1 Å². The summed E-state index contributed by atoms with van der Waals surface area (Å²) in [7, 11) is 0. The molecule has 28 heavy (non-hydrogen) atoms. The largest absolute Gasteiger partial charge is 0.329 e. The van der Waals surface area contributed by atoms with Gasteiger partial charge in [0.2, 0.25) is 0 Å². The maximum atomic E-state index is 13.2. The maximum Gasteiger partial charge on any atom is 0.277 e. The van der Waals surface area contributed by atoms with E-state index in [1.165, 1.54) is 29.4 Å². The molecule has 0 radical (unpaired) electrons. The summed E-state index contributed by atoms with van der Waals surface area (Å²) < 4.78 is 2.20. The first-order chi connectivity index (χ1) is 13.7. The van der Waals surface area contributed by atoms with E-state index in [0.717, 1.165) is 10.7 Å². The zero-order valence-corrected chi connectivity index (χ0v) is 16.2. The van der Waals surface area contributed by atoms with E-state index in [2.05, 4.69) is 24.9 Å². The van der Waals surface area contributed by atoms with E-state index < -0.39 is 0 Å². The lowest BCUT2D eigenvalue weighted by Gasteiger charge is -2.17. The third kappa shape index (κ3) is 2.77. The summed E-state index contributed by atoms with van der Waals surface area (Å²) >= 11 is 2.78. The monoisotopic (exact) mass is 407 g/mol. The zero-order valence-electron chi connectivity index (χ0n) is 14.6. The van der Waals surface area contributed by atoms with Gasteiger partial charge in [-0.3, -0.25) is 9.36 Å². The molecule has 1 N–H and O–H groups in total. The van der Waals surface area contributed by atoms with Crippen molar-refractivity contribution in [3.8, 4) is 5.69 Å². The van der Waals surface area contributed by atoms with Gasteiger partial charge in [0.1, 0.15) is 27.4 Å². The van der Waals surface area contributed by atoms with Crippen molar-refractivity contribution in [1.29, 1.82) is 0 Å². The van der Waals surface area contributed by atoms with Crippen LogP contribution in [0, 0.1) is 0 Å². The van der Waals surface area contributed by atoms with Crippen molar-refractivity contribution in [3.63, 3.8) is 0 Å². The van der Waals surface area contributed by atoms with Crippen LogP contribution in [0.15, 0.2) is 58.3 Å². The number of thiazole rings is 1. The summed E-state index contributed by atoms with van der Waals surface area (Å²) in [5, 5.41) is 0.555. The number of H-pyrrole nitrogens is 1. The van der Waals surface area contributed by atoms with Gasteiger partial charge in [-0.15, -0.1) is 11.3 Å². The predicted molar refractivity (Wildman–Crippen MR) is 109 cm³/mol. The fraction of sp³-hybridized carbons (Fsp3) is 0.111. The molecule has 10 heteroatoms. The predicted octanol–water partition coefficient (Wildman–Crippen LogP) is 3.36. The summed E-state index contributed by atoms with van der Waals surface area (Å²) in [6.45, 7) is 1.99. The molecule has 0 saturated heterocycles. The molecule has 0 aliphatic rings. The number of imidazole rings is 1. The number of nitrogens with one attached hydrogen (secondary N) is 1. The number of aromatic nitrogens is 7. The smallest absolute Gasteiger partial charge is 0.277 e. The van der Waals surface area contributed by atoms with Crippen LogP contribution in [0.25, 0.3) is 27.2 Å². The number of rotatable bonds is 4. The Morgan fingerprint density at radius 2 is 2.00 bits per heavy atom. The topological polar surface area (TPSA) is 102 Å². The highest BCUT2D eigenvalue weighted by Crippen LogP contribution is 2.36. The Morgan fingerprint density at radius 1 is 1.14 bits per heavy atom. The Hall–Kier alpha value is -3.11. The number of nitrogens with zero attached hydrogens (tertiary/aromatic N) is 6. The molecule has 5 aromatic rings. The number of benzene rings is 1. The van der Waals surface area contributed by atoms with Gasteiger partial charge in [0, 0.05) is 0 Å². The highest BCUT2D eigenvalue weighted by atomic mass is 32.2. The Bertz CT molecular complexity index is 1340. The Kier molecular flexibility index (Phi) is 4.14. The van der Waals surface area contributed by atoms with Gasteiger partial charge in [0.15, 0.2) is 11.3 Å². The van der Waals surface area contributed by atoms with Crippen molar-refractivity contribution in [1.82, 2.24) is 34.5 Å². The SMILES string of the molecule is CC(Sc1ncnc2[nH]cnc12)c1nc2ncsc2c(=O)n1-c1ccccc1. The molecule has 0 spiro atoms. The molecule has 4 heterocycles. The Balaban J connectivity index is 1.67. The van der Waals surface area contributed by atoms with Crippen LogP contribution in [0.3, 0.4) is 0 Å². The van der Waals surface area contributed by atoms with Gasteiger partial charge in [-0.2, -0.15) is 0 Å². The highest BCUT2D eigenvalue weighted by molar-refractivity contribution is 7.99. The molecule has 4 aromatic heterocycles. The molecule has 0 saturated carbocycles. The maximum absolute atomic E-state index is 13.2. The van der Waals surface area contributed by atoms with Crippen LogP contribution in [0.5, 0.6) is 0 Å². The third-order valence-electron chi connectivity index (χ3n) is 4.25. The molecule has 138 valence electrons. The zero-order chi connectivity index (χ0) is 19.1. The van der Waals surface area contributed by atoms with Gasteiger partial charge < -0.3 is 4.98 Å². The van der Waals surface area contributed by atoms with Crippen LogP contribution in [-0.4, -0.2) is 34.5 Å². The summed E-state index contributed by atoms with van der Waals surface area (Å²) in [5.74, 6) is 0.613. The minimum Gasteiger partial charge on any atom is -0.329 e. The van der Waals surface area contributed by atoms with Crippen LogP contribution in [0.1, 0.15) is 18.0 Å². The van der Waals surface area contributed by atoms with Gasteiger partial charge >= 0.3 is 0 Å². The van der Waals surface area contributed by atoms with E-state index in [1.54, 1.807) is 16.4 Å². The fourth-order valence-electron chi connectivity index (χ4n) is 2.98. The average Bonchev–Trinajstić information content (AvgIpc) is 3.38. The fourth-order valence-corrected chi connectivity index (χ4v) is 4.60. The molecule has 8 nitrogen and oxygen atoms in total. The molecule has 0 aliphatic carbocycles. The second-order valence-electron chi connectivity index (χ2n) is 5.99. The van der Waals surface area contributed by atoms with Crippen molar-refractivity contribution in [2.75, 3.05) is 0 Å². The summed E-state index contributed by atoms with van der Waals surface area (Å²) in [5.41, 5.74) is 4.14. The second-order valence-corrected chi connectivity index (χ2v) is 8.17. The van der Waals surface area contributed by atoms with Crippen molar-refractivity contribution >= 4 is 44.6 Å². The first-order valence-electron chi connectivity index (χ1n) is 8.44. The number of hydrogen-bond acceptors (Lipinski definition) is 8.